The molecule has 0 fully saturated rings. The molecule has 0 aromatic heterocycles. The Morgan fingerprint density at radius 3 is 2.25 bits per heavy atom. The van der Waals surface area contributed by atoms with Crippen molar-refractivity contribution < 1.29 is 9.53 Å². The minimum absolute atomic E-state index is 0.0408. The second-order valence-electron chi connectivity index (χ2n) is 6.14. The van der Waals surface area contributed by atoms with Gasteiger partial charge in [-0.05, 0) is 74.7 Å². The molecule has 3 nitrogen and oxygen atoms in total. The van der Waals surface area contributed by atoms with Crippen LogP contribution in [0.5, 0.6) is 5.75 Å². The number of carbonyl (C=O) groups excluding carboxylic acids is 1. The minimum atomic E-state index is -0.0408. The molecule has 0 spiro atoms. The number of hydrogen-bond acceptors (Lipinski definition) is 3. The van der Waals surface area contributed by atoms with E-state index in [2.05, 4.69) is 30.9 Å². The summed E-state index contributed by atoms with van der Waals surface area (Å²) in [6.45, 7) is 10.3. The van der Waals surface area contributed by atoms with Crippen molar-refractivity contribution in [1.82, 2.24) is 0 Å². The number of Topliss-reactive ketones (excluding diaryl/α,β-unsaturated/α-hetero) is 1. The van der Waals surface area contributed by atoms with E-state index in [1.54, 1.807) is 0 Å². The number of ketones is 1. The second kappa shape index (κ2) is 6.52. The molecule has 1 aliphatic rings. The number of carbonyl (C=O) groups is 1. The van der Waals surface area contributed by atoms with E-state index < -0.39 is 0 Å². The Kier molecular flexibility index (Phi) is 4.43. The number of anilines is 1. The number of hydrogen-bond donors (Lipinski definition) is 0. The van der Waals surface area contributed by atoms with Crippen LogP contribution in [0, 0.1) is 13.8 Å². The number of rotatable bonds is 4. The fourth-order valence-corrected chi connectivity index (χ4v) is 2.97. The van der Waals surface area contributed by atoms with E-state index in [9.17, 15) is 4.79 Å². The Labute approximate surface area is 143 Å². The van der Waals surface area contributed by atoms with Crippen LogP contribution < -0.4 is 9.64 Å². The number of allylic oxidation sites excluding steroid dienone is 1. The summed E-state index contributed by atoms with van der Waals surface area (Å²) < 4.78 is 5.78. The van der Waals surface area contributed by atoms with Crippen LogP contribution in [0.15, 0.2) is 42.2 Å². The third-order valence-electron chi connectivity index (χ3n) is 4.60. The third kappa shape index (κ3) is 2.94. The van der Waals surface area contributed by atoms with E-state index in [0.29, 0.717) is 17.1 Å². The van der Waals surface area contributed by atoms with Crippen LogP contribution in [0.3, 0.4) is 0 Å². The lowest BCUT2D eigenvalue weighted by molar-refractivity contribution is 0.101. The molecule has 0 aliphatic carbocycles. The van der Waals surface area contributed by atoms with E-state index in [0.717, 1.165) is 29.8 Å². The van der Waals surface area contributed by atoms with Crippen molar-refractivity contribution in [3.63, 3.8) is 0 Å². The van der Waals surface area contributed by atoms with E-state index in [-0.39, 0.29) is 5.78 Å². The summed E-state index contributed by atoms with van der Waals surface area (Å²) in [4.78, 5) is 14.8. The van der Waals surface area contributed by atoms with E-state index in [1.807, 2.05) is 44.2 Å². The highest BCUT2D eigenvalue weighted by atomic mass is 16.5. The first-order valence-corrected chi connectivity index (χ1v) is 8.44. The summed E-state index contributed by atoms with van der Waals surface area (Å²) in [6, 6.07) is 12.1. The molecule has 0 saturated carbocycles. The number of fused-ring (bicyclic) bond motifs is 1. The molecule has 0 bridgehead atoms. The van der Waals surface area contributed by atoms with E-state index in [1.165, 1.54) is 5.69 Å². The van der Waals surface area contributed by atoms with Crippen LogP contribution >= 0.6 is 0 Å². The fourth-order valence-electron chi connectivity index (χ4n) is 2.97. The molecule has 3 rings (SSSR count). The van der Waals surface area contributed by atoms with Gasteiger partial charge in [-0.1, -0.05) is 12.1 Å². The van der Waals surface area contributed by atoms with Gasteiger partial charge < -0.3 is 9.64 Å². The molecular weight excluding hydrogens is 298 g/mol. The van der Waals surface area contributed by atoms with Gasteiger partial charge in [0.15, 0.2) is 5.76 Å². The van der Waals surface area contributed by atoms with Gasteiger partial charge in [0.2, 0.25) is 5.78 Å². The van der Waals surface area contributed by atoms with Crippen LogP contribution in [0.25, 0.3) is 6.08 Å². The van der Waals surface area contributed by atoms with E-state index in [4.69, 9.17) is 4.74 Å². The lowest BCUT2D eigenvalue weighted by Crippen LogP contribution is -2.21. The van der Waals surface area contributed by atoms with E-state index >= 15 is 0 Å². The SMILES string of the molecule is CCN(CC)c1ccc(/C=C2\Oc3cc(C)c(C)cc3C2=O)cc1. The van der Waals surface area contributed by atoms with Gasteiger partial charge in [-0.15, -0.1) is 0 Å². The molecule has 1 aliphatic heterocycles. The van der Waals surface area contributed by atoms with Crippen LogP contribution in [-0.4, -0.2) is 18.9 Å². The first kappa shape index (κ1) is 16.3. The average Bonchev–Trinajstić information content (AvgIpc) is 2.86. The smallest absolute Gasteiger partial charge is 0.231 e. The summed E-state index contributed by atoms with van der Waals surface area (Å²) in [6.07, 6.45) is 1.82. The molecule has 124 valence electrons. The molecule has 24 heavy (non-hydrogen) atoms. The summed E-state index contributed by atoms with van der Waals surface area (Å²) in [5.41, 5.74) is 5.05. The molecule has 0 saturated heterocycles. The Balaban J connectivity index is 1.86. The first-order valence-electron chi connectivity index (χ1n) is 8.44. The van der Waals surface area contributed by atoms with Crippen molar-refractivity contribution in [3.8, 4) is 5.75 Å². The van der Waals surface area contributed by atoms with Gasteiger partial charge in [-0.2, -0.15) is 0 Å². The second-order valence-corrected chi connectivity index (χ2v) is 6.14. The zero-order valence-electron chi connectivity index (χ0n) is 14.7. The zero-order valence-corrected chi connectivity index (χ0v) is 14.7. The molecule has 0 radical (unpaired) electrons. The first-order chi connectivity index (χ1) is 11.5. The van der Waals surface area contributed by atoms with Gasteiger partial charge in [0.1, 0.15) is 5.75 Å². The molecular formula is C21H23NO2. The molecule has 1 heterocycles. The van der Waals surface area contributed by atoms with Crippen molar-refractivity contribution in [2.45, 2.75) is 27.7 Å². The average molecular weight is 321 g/mol. The monoisotopic (exact) mass is 321 g/mol. The molecule has 2 aromatic rings. The molecule has 3 heteroatoms. The lowest BCUT2D eigenvalue weighted by atomic mass is 10.0. The zero-order chi connectivity index (χ0) is 17.3. The summed E-state index contributed by atoms with van der Waals surface area (Å²) in [5.74, 6) is 1.01. The number of benzene rings is 2. The normalized spacial score (nSPS) is 14.7. The van der Waals surface area contributed by atoms with Crippen molar-refractivity contribution in [2.75, 3.05) is 18.0 Å². The molecule has 0 N–H and O–H groups in total. The quantitative estimate of drug-likeness (QED) is 0.760. The summed E-state index contributed by atoms with van der Waals surface area (Å²) >= 11 is 0. The van der Waals surface area contributed by atoms with Gasteiger partial charge in [0, 0.05) is 18.8 Å². The molecule has 2 aromatic carbocycles. The van der Waals surface area contributed by atoms with Crippen LogP contribution in [0.4, 0.5) is 5.69 Å². The fraction of sp³-hybridized carbons (Fsp3) is 0.286. The van der Waals surface area contributed by atoms with Gasteiger partial charge in [-0.3, -0.25) is 4.79 Å². The van der Waals surface area contributed by atoms with Crippen molar-refractivity contribution in [1.29, 1.82) is 0 Å². The van der Waals surface area contributed by atoms with Crippen LogP contribution in [0.1, 0.15) is 40.9 Å². The van der Waals surface area contributed by atoms with Crippen molar-refractivity contribution >= 4 is 17.5 Å². The molecule has 0 atom stereocenters. The van der Waals surface area contributed by atoms with Gasteiger partial charge in [-0.25, -0.2) is 0 Å². The summed E-state index contributed by atoms with van der Waals surface area (Å²) in [7, 11) is 0. The molecule has 0 amide bonds. The van der Waals surface area contributed by atoms with Crippen molar-refractivity contribution in [3.05, 3.63) is 64.4 Å². The topological polar surface area (TPSA) is 29.5 Å². The number of aryl methyl sites for hydroxylation is 2. The van der Waals surface area contributed by atoms with Crippen LogP contribution in [-0.2, 0) is 0 Å². The predicted molar refractivity (Wildman–Crippen MR) is 98.9 cm³/mol. The number of ether oxygens (including phenoxy) is 1. The predicted octanol–water partition coefficient (Wildman–Crippen LogP) is 4.77. The standard InChI is InChI=1S/C21H23NO2/c1-5-22(6-2)17-9-7-16(8-10-17)13-20-21(23)18-11-14(3)15(4)12-19(18)24-20/h7-13H,5-6H2,1-4H3/b20-13-. The highest BCUT2D eigenvalue weighted by molar-refractivity contribution is 6.14. The highest BCUT2D eigenvalue weighted by Crippen LogP contribution is 2.34. The largest absolute Gasteiger partial charge is 0.452 e. The number of nitrogens with zero attached hydrogens (tertiary/aromatic N) is 1. The maximum atomic E-state index is 12.5. The maximum absolute atomic E-state index is 12.5. The Morgan fingerprint density at radius 1 is 1.00 bits per heavy atom. The minimum Gasteiger partial charge on any atom is -0.452 e. The highest BCUT2D eigenvalue weighted by Gasteiger charge is 2.27. The van der Waals surface area contributed by atoms with Crippen LogP contribution in [0.2, 0.25) is 0 Å². The van der Waals surface area contributed by atoms with Gasteiger partial charge in [0.05, 0.1) is 5.56 Å². The third-order valence-corrected chi connectivity index (χ3v) is 4.60. The Morgan fingerprint density at radius 2 is 1.62 bits per heavy atom. The molecule has 0 unspecified atom stereocenters. The van der Waals surface area contributed by atoms with Crippen molar-refractivity contribution in [2.24, 2.45) is 0 Å². The Hall–Kier alpha value is -2.55. The summed E-state index contributed by atoms with van der Waals surface area (Å²) in [5, 5.41) is 0. The maximum Gasteiger partial charge on any atom is 0.231 e. The Bertz CT molecular complexity index is 799. The van der Waals surface area contributed by atoms with Gasteiger partial charge in [0.25, 0.3) is 0 Å². The van der Waals surface area contributed by atoms with Gasteiger partial charge >= 0.3 is 0 Å². The lowest BCUT2D eigenvalue weighted by Gasteiger charge is -2.20.